The maximum atomic E-state index is 10.2. The van der Waals surface area contributed by atoms with Gasteiger partial charge in [-0.15, -0.1) is 0 Å². The van der Waals surface area contributed by atoms with Crippen molar-refractivity contribution >= 4 is 0 Å². The van der Waals surface area contributed by atoms with E-state index >= 15 is 0 Å². The van der Waals surface area contributed by atoms with Gasteiger partial charge in [-0.3, -0.25) is 4.90 Å². The number of likely N-dealkylation sites (N-methyl/N-ethyl adjacent to an activating group) is 1. The van der Waals surface area contributed by atoms with Gasteiger partial charge in [-0.05, 0) is 39.3 Å². The van der Waals surface area contributed by atoms with Crippen LogP contribution in [-0.2, 0) is 0 Å². The fourth-order valence-corrected chi connectivity index (χ4v) is 3.40. The first-order valence-corrected chi connectivity index (χ1v) is 6.91. The van der Waals surface area contributed by atoms with Gasteiger partial charge in [0.25, 0.3) is 0 Å². The zero-order valence-electron chi connectivity index (χ0n) is 10.5. The molecule has 3 heteroatoms. The number of aliphatic hydroxyl groups excluding tert-OH is 1. The van der Waals surface area contributed by atoms with E-state index in [-0.39, 0.29) is 6.10 Å². The van der Waals surface area contributed by atoms with Gasteiger partial charge in [0, 0.05) is 18.6 Å². The Morgan fingerprint density at radius 3 is 2.75 bits per heavy atom. The maximum Gasteiger partial charge on any atom is 0.0695 e. The van der Waals surface area contributed by atoms with Crippen molar-refractivity contribution in [1.82, 2.24) is 10.2 Å². The Bertz CT molecular complexity index is 210. The van der Waals surface area contributed by atoms with Crippen molar-refractivity contribution in [3.8, 4) is 0 Å². The van der Waals surface area contributed by atoms with Gasteiger partial charge in [0.05, 0.1) is 6.10 Å². The van der Waals surface area contributed by atoms with Gasteiger partial charge in [0.1, 0.15) is 0 Å². The van der Waals surface area contributed by atoms with E-state index in [0.717, 1.165) is 13.0 Å². The Labute approximate surface area is 99.2 Å². The Balaban J connectivity index is 1.97. The first kappa shape index (κ1) is 12.3. The molecule has 0 bridgehead atoms. The molecule has 3 nitrogen and oxygen atoms in total. The molecule has 0 aromatic rings. The van der Waals surface area contributed by atoms with Crippen LogP contribution in [0, 0.1) is 0 Å². The van der Waals surface area contributed by atoms with Crippen LogP contribution in [0.25, 0.3) is 0 Å². The first-order chi connectivity index (χ1) is 7.83. The molecule has 0 radical (unpaired) electrons. The van der Waals surface area contributed by atoms with Crippen LogP contribution >= 0.6 is 0 Å². The molecular formula is C13H26N2O. The van der Waals surface area contributed by atoms with E-state index in [1.807, 2.05) is 7.05 Å². The predicted octanol–water partition coefficient (Wildman–Crippen LogP) is 1.36. The summed E-state index contributed by atoms with van der Waals surface area (Å²) in [6.07, 6.45) is 8.53. The van der Waals surface area contributed by atoms with E-state index < -0.39 is 0 Å². The molecule has 2 fully saturated rings. The number of rotatable bonds is 3. The van der Waals surface area contributed by atoms with Crippen LogP contribution in [0.3, 0.4) is 0 Å². The van der Waals surface area contributed by atoms with Crippen molar-refractivity contribution in [2.75, 3.05) is 20.1 Å². The second kappa shape index (κ2) is 5.99. The molecule has 0 aromatic carbocycles. The van der Waals surface area contributed by atoms with Crippen LogP contribution in [-0.4, -0.2) is 48.3 Å². The van der Waals surface area contributed by atoms with Crippen molar-refractivity contribution in [3.05, 3.63) is 0 Å². The van der Waals surface area contributed by atoms with Crippen LogP contribution in [0.4, 0.5) is 0 Å². The van der Waals surface area contributed by atoms with Crippen LogP contribution in [0.1, 0.15) is 44.9 Å². The number of nitrogens with one attached hydrogen (secondary N) is 1. The van der Waals surface area contributed by atoms with E-state index in [9.17, 15) is 5.11 Å². The summed E-state index contributed by atoms with van der Waals surface area (Å²) in [6, 6.07) is 1.09. The molecule has 16 heavy (non-hydrogen) atoms. The Hall–Kier alpha value is -0.120. The van der Waals surface area contributed by atoms with E-state index in [2.05, 4.69) is 10.2 Å². The van der Waals surface area contributed by atoms with Gasteiger partial charge < -0.3 is 10.4 Å². The monoisotopic (exact) mass is 226 g/mol. The lowest BCUT2D eigenvalue weighted by Crippen LogP contribution is -2.48. The maximum absolute atomic E-state index is 10.2. The fraction of sp³-hybridized carbons (Fsp3) is 1.00. The highest BCUT2D eigenvalue weighted by Gasteiger charge is 2.34. The van der Waals surface area contributed by atoms with Crippen LogP contribution in [0.2, 0.25) is 0 Å². The van der Waals surface area contributed by atoms with Gasteiger partial charge in [-0.25, -0.2) is 0 Å². The lowest BCUT2D eigenvalue weighted by molar-refractivity contribution is 0.0374. The summed E-state index contributed by atoms with van der Waals surface area (Å²) in [5, 5.41) is 13.5. The van der Waals surface area contributed by atoms with E-state index in [1.54, 1.807) is 0 Å². The van der Waals surface area contributed by atoms with Gasteiger partial charge in [-0.2, -0.15) is 0 Å². The fourth-order valence-electron chi connectivity index (χ4n) is 3.40. The predicted molar refractivity (Wildman–Crippen MR) is 66.5 cm³/mol. The molecule has 2 rings (SSSR count). The number of nitrogens with zero attached hydrogens (tertiary/aromatic N) is 1. The SMILES string of the molecule is CNCC1CCCN1C1CCCCCC1O. The van der Waals surface area contributed by atoms with Crippen molar-refractivity contribution in [2.24, 2.45) is 0 Å². The minimum Gasteiger partial charge on any atom is -0.391 e. The molecule has 3 unspecified atom stereocenters. The minimum atomic E-state index is -0.0834. The van der Waals surface area contributed by atoms with Crippen molar-refractivity contribution in [1.29, 1.82) is 0 Å². The largest absolute Gasteiger partial charge is 0.391 e. The van der Waals surface area contributed by atoms with E-state index in [0.29, 0.717) is 12.1 Å². The standard InChI is InChI=1S/C13H26N2O/c1-14-10-11-6-5-9-15(11)12-7-3-2-4-8-13(12)16/h11-14,16H,2-10H2,1H3. The molecule has 0 spiro atoms. The zero-order valence-corrected chi connectivity index (χ0v) is 10.5. The molecule has 0 amide bonds. The number of aliphatic hydroxyl groups is 1. The Morgan fingerprint density at radius 1 is 1.12 bits per heavy atom. The van der Waals surface area contributed by atoms with Crippen LogP contribution < -0.4 is 5.32 Å². The average Bonchev–Trinajstić information content (AvgIpc) is 2.61. The summed E-state index contributed by atoms with van der Waals surface area (Å²) in [6.45, 7) is 2.26. The minimum absolute atomic E-state index is 0.0834. The number of hydrogen-bond donors (Lipinski definition) is 2. The van der Waals surface area contributed by atoms with Crippen LogP contribution in [0.5, 0.6) is 0 Å². The van der Waals surface area contributed by atoms with E-state index in [1.165, 1.54) is 45.1 Å². The van der Waals surface area contributed by atoms with Crippen molar-refractivity contribution in [2.45, 2.75) is 63.1 Å². The second-order valence-electron chi connectivity index (χ2n) is 5.36. The normalized spacial score (nSPS) is 37.5. The summed E-state index contributed by atoms with van der Waals surface area (Å²) in [5.74, 6) is 0. The molecule has 2 aliphatic rings. The highest BCUT2D eigenvalue weighted by Crippen LogP contribution is 2.28. The zero-order chi connectivity index (χ0) is 11.4. The molecule has 1 saturated carbocycles. The van der Waals surface area contributed by atoms with Gasteiger partial charge >= 0.3 is 0 Å². The lowest BCUT2D eigenvalue weighted by atomic mass is 10.0. The number of likely N-dealkylation sites (tertiary alicyclic amines) is 1. The molecule has 1 aliphatic carbocycles. The first-order valence-electron chi connectivity index (χ1n) is 6.91. The smallest absolute Gasteiger partial charge is 0.0695 e. The molecule has 1 saturated heterocycles. The Morgan fingerprint density at radius 2 is 1.94 bits per heavy atom. The molecule has 3 atom stereocenters. The molecule has 0 aromatic heterocycles. The summed E-state index contributed by atoms with van der Waals surface area (Å²) >= 11 is 0. The molecule has 1 heterocycles. The molecule has 1 aliphatic heterocycles. The highest BCUT2D eigenvalue weighted by molar-refractivity contribution is 4.90. The molecule has 94 valence electrons. The third-order valence-corrected chi connectivity index (χ3v) is 4.23. The van der Waals surface area contributed by atoms with Crippen molar-refractivity contribution in [3.63, 3.8) is 0 Å². The summed E-state index contributed by atoms with van der Waals surface area (Å²) in [7, 11) is 2.03. The Kier molecular flexibility index (Phi) is 4.62. The molecule has 2 N–H and O–H groups in total. The van der Waals surface area contributed by atoms with Gasteiger partial charge in [-0.1, -0.05) is 19.3 Å². The quantitative estimate of drug-likeness (QED) is 0.713. The third-order valence-electron chi connectivity index (χ3n) is 4.23. The van der Waals surface area contributed by atoms with Gasteiger partial charge in [0.15, 0.2) is 0 Å². The second-order valence-corrected chi connectivity index (χ2v) is 5.36. The van der Waals surface area contributed by atoms with Gasteiger partial charge in [0.2, 0.25) is 0 Å². The third kappa shape index (κ3) is 2.76. The lowest BCUT2D eigenvalue weighted by Gasteiger charge is -2.35. The van der Waals surface area contributed by atoms with E-state index in [4.69, 9.17) is 0 Å². The highest BCUT2D eigenvalue weighted by atomic mass is 16.3. The summed E-state index contributed by atoms with van der Waals surface area (Å²) < 4.78 is 0. The summed E-state index contributed by atoms with van der Waals surface area (Å²) in [5.41, 5.74) is 0. The van der Waals surface area contributed by atoms with Crippen LogP contribution in [0.15, 0.2) is 0 Å². The molecular weight excluding hydrogens is 200 g/mol. The topological polar surface area (TPSA) is 35.5 Å². The van der Waals surface area contributed by atoms with Crippen molar-refractivity contribution < 1.29 is 5.11 Å². The average molecular weight is 226 g/mol. The number of hydrogen-bond acceptors (Lipinski definition) is 3. The summed E-state index contributed by atoms with van der Waals surface area (Å²) in [4.78, 5) is 2.58.